The van der Waals surface area contributed by atoms with Crippen molar-refractivity contribution < 1.29 is 9.90 Å². The number of benzene rings is 1. The molecule has 3 nitrogen and oxygen atoms in total. The van der Waals surface area contributed by atoms with Crippen LogP contribution in [0.1, 0.15) is 18.5 Å². The lowest BCUT2D eigenvalue weighted by molar-refractivity contribution is -0.142. The van der Waals surface area contributed by atoms with Crippen LogP contribution in [0.2, 0.25) is 0 Å². The van der Waals surface area contributed by atoms with Crippen LogP contribution in [0.15, 0.2) is 28.7 Å². The summed E-state index contributed by atoms with van der Waals surface area (Å²) in [5, 5.41) is 12.0. The Morgan fingerprint density at radius 2 is 2.20 bits per heavy atom. The molecule has 2 unspecified atom stereocenters. The summed E-state index contributed by atoms with van der Waals surface area (Å²) in [7, 11) is 1.77. The van der Waals surface area contributed by atoms with Crippen molar-refractivity contribution in [3.63, 3.8) is 0 Å². The van der Waals surface area contributed by atoms with Crippen LogP contribution in [-0.4, -0.2) is 18.1 Å². The highest BCUT2D eigenvalue weighted by molar-refractivity contribution is 9.10. The Labute approximate surface area is 97.6 Å². The van der Waals surface area contributed by atoms with Crippen molar-refractivity contribution in [1.29, 1.82) is 0 Å². The molecule has 0 aliphatic rings. The average molecular weight is 272 g/mol. The Bertz CT molecular complexity index is 354. The van der Waals surface area contributed by atoms with E-state index in [0.29, 0.717) is 0 Å². The monoisotopic (exact) mass is 271 g/mol. The van der Waals surface area contributed by atoms with Gasteiger partial charge in [0, 0.05) is 10.5 Å². The molecule has 0 radical (unpaired) electrons. The molecular weight excluding hydrogens is 258 g/mol. The Morgan fingerprint density at radius 3 is 2.67 bits per heavy atom. The van der Waals surface area contributed by atoms with Crippen molar-refractivity contribution in [3.05, 3.63) is 34.3 Å². The van der Waals surface area contributed by atoms with E-state index in [2.05, 4.69) is 21.2 Å². The zero-order chi connectivity index (χ0) is 11.4. The van der Waals surface area contributed by atoms with Gasteiger partial charge in [-0.3, -0.25) is 4.79 Å². The predicted molar refractivity (Wildman–Crippen MR) is 62.7 cm³/mol. The van der Waals surface area contributed by atoms with Gasteiger partial charge < -0.3 is 10.4 Å². The molecule has 0 aliphatic carbocycles. The van der Waals surface area contributed by atoms with Gasteiger partial charge in [0.15, 0.2) is 0 Å². The lowest BCUT2D eigenvalue weighted by atomic mass is 9.95. The molecule has 2 atom stereocenters. The quantitative estimate of drug-likeness (QED) is 0.885. The summed E-state index contributed by atoms with van der Waals surface area (Å²) >= 11 is 3.37. The van der Waals surface area contributed by atoms with E-state index < -0.39 is 11.9 Å². The second-order valence-corrected chi connectivity index (χ2v) is 4.36. The fraction of sp³-hybridized carbons (Fsp3) is 0.364. The highest BCUT2D eigenvalue weighted by Crippen LogP contribution is 2.24. The maximum Gasteiger partial charge on any atom is 0.308 e. The summed E-state index contributed by atoms with van der Waals surface area (Å²) in [5.41, 5.74) is 0.974. The van der Waals surface area contributed by atoms with Gasteiger partial charge in [0.25, 0.3) is 0 Å². The lowest BCUT2D eigenvalue weighted by Crippen LogP contribution is -2.28. The fourth-order valence-electron chi connectivity index (χ4n) is 1.55. The van der Waals surface area contributed by atoms with E-state index in [1.54, 1.807) is 14.0 Å². The summed E-state index contributed by atoms with van der Waals surface area (Å²) in [5.74, 6) is -1.25. The number of hydrogen-bond acceptors (Lipinski definition) is 2. The molecule has 82 valence electrons. The zero-order valence-corrected chi connectivity index (χ0v) is 10.3. The molecule has 1 aromatic rings. The number of nitrogens with one attached hydrogen (secondary N) is 1. The summed E-state index contributed by atoms with van der Waals surface area (Å²) < 4.78 is 0.956. The third kappa shape index (κ3) is 3.04. The fourth-order valence-corrected chi connectivity index (χ4v) is 1.96. The van der Waals surface area contributed by atoms with E-state index in [9.17, 15) is 4.79 Å². The first-order valence-electron chi connectivity index (χ1n) is 4.71. The first-order chi connectivity index (χ1) is 7.06. The van der Waals surface area contributed by atoms with Gasteiger partial charge in [-0.2, -0.15) is 0 Å². The molecule has 0 bridgehead atoms. The van der Waals surface area contributed by atoms with Crippen LogP contribution in [0.3, 0.4) is 0 Å². The van der Waals surface area contributed by atoms with E-state index in [-0.39, 0.29) is 6.04 Å². The van der Waals surface area contributed by atoms with Crippen LogP contribution >= 0.6 is 15.9 Å². The van der Waals surface area contributed by atoms with Gasteiger partial charge in [-0.05, 0) is 24.7 Å². The van der Waals surface area contributed by atoms with Gasteiger partial charge in [0.2, 0.25) is 0 Å². The molecule has 1 rings (SSSR count). The van der Waals surface area contributed by atoms with Crippen LogP contribution < -0.4 is 5.32 Å². The lowest BCUT2D eigenvalue weighted by Gasteiger charge is -2.20. The van der Waals surface area contributed by atoms with Gasteiger partial charge in [0.1, 0.15) is 0 Å². The van der Waals surface area contributed by atoms with Gasteiger partial charge in [-0.15, -0.1) is 0 Å². The second-order valence-electron chi connectivity index (χ2n) is 3.45. The second kappa shape index (κ2) is 5.28. The Kier molecular flexibility index (Phi) is 4.29. The van der Waals surface area contributed by atoms with Gasteiger partial charge in [0.05, 0.1) is 5.92 Å². The minimum Gasteiger partial charge on any atom is -0.481 e. The average Bonchev–Trinajstić information content (AvgIpc) is 2.18. The molecule has 0 aromatic heterocycles. The van der Waals surface area contributed by atoms with Crippen LogP contribution in [0, 0.1) is 5.92 Å². The summed E-state index contributed by atoms with van der Waals surface area (Å²) in [6, 6.07) is 7.51. The van der Waals surface area contributed by atoms with Crippen molar-refractivity contribution in [1.82, 2.24) is 5.32 Å². The predicted octanol–water partition coefficient (Wildman–Crippen LogP) is 2.43. The Hall–Kier alpha value is -0.870. The highest BCUT2D eigenvalue weighted by atomic mass is 79.9. The third-order valence-electron chi connectivity index (χ3n) is 2.41. The number of rotatable bonds is 4. The standard InChI is InChI=1S/C11H14BrNO2/c1-7(11(14)15)10(13-2)8-4-3-5-9(12)6-8/h3-7,10,13H,1-2H3,(H,14,15). The SMILES string of the molecule is CNC(c1cccc(Br)c1)C(C)C(=O)O. The van der Waals surface area contributed by atoms with Crippen molar-refractivity contribution >= 4 is 21.9 Å². The summed E-state index contributed by atoms with van der Waals surface area (Å²) in [4.78, 5) is 10.9. The van der Waals surface area contributed by atoms with E-state index in [1.165, 1.54) is 0 Å². The molecule has 2 N–H and O–H groups in total. The molecule has 0 saturated heterocycles. The van der Waals surface area contributed by atoms with Gasteiger partial charge in [-0.25, -0.2) is 0 Å². The van der Waals surface area contributed by atoms with E-state index in [4.69, 9.17) is 5.11 Å². The number of halogens is 1. The third-order valence-corrected chi connectivity index (χ3v) is 2.90. The first-order valence-corrected chi connectivity index (χ1v) is 5.51. The molecule has 0 heterocycles. The zero-order valence-electron chi connectivity index (χ0n) is 8.70. The van der Waals surface area contributed by atoms with E-state index >= 15 is 0 Å². The van der Waals surface area contributed by atoms with Crippen molar-refractivity contribution in [3.8, 4) is 0 Å². The van der Waals surface area contributed by atoms with Gasteiger partial charge >= 0.3 is 5.97 Å². The number of hydrogen-bond donors (Lipinski definition) is 2. The normalized spacial score (nSPS) is 14.6. The first kappa shape index (κ1) is 12.2. The number of carboxylic acid groups (broad SMARTS) is 1. The molecule has 0 amide bonds. The Morgan fingerprint density at radius 1 is 1.53 bits per heavy atom. The highest BCUT2D eigenvalue weighted by Gasteiger charge is 2.23. The van der Waals surface area contributed by atoms with Crippen LogP contribution in [0.25, 0.3) is 0 Å². The molecule has 15 heavy (non-hydrogen) atoms. The molecule has 0 fully saturated rings. The van der Waals surface area contributed by atoms with Crippen LogP contribution in [0.4, 0.5) is 0 Å². The minimum absolute atomic E-state index is 0.167. The van der Waals surface area contributed by atoms with E-state index in [1.807, 2.05) is 24.3 Å². The molecule has 0 saturated carbocycles. The van der Waals surface area contributed by atoms with Crippen molar-refractivity contribution in [2.45, 2.75) is 13.0 Å². The minimum atomic E-state index is -0.797. The Balaban J connectivity index is 2.97. The molecule has 0 aliphatic heterocycles. The number of aliphatic carboxylic acids is 1. The smallest absolute Gasteiger partial charge is 0.308 e. The largest absolute Gasteiger partial charge is 0.481 e. The topological polar surface area (TPSA) is 49.3 Å². The maximum atomic E-state index is 10.9. The van der Waals surface area contributed by atoms with Crippen molar-refractivity contribution in [2.75, 3.05) is 7.05 Å². The van der Waals surface area contributed by atoms with Crippen LogP contribution in [-0.2, 0) is 4.79 Å². The summed E-state index contributed by atoms with van der Waals surface area (Å²) in [6.45, 7) is 1.70. The van der Waals surface area contributed by atoms with Gasteiger partial charge in [-0.1, -0.05) is 35.0 Å². The van der Waals surface area contributed by atoms with Crippen LogP contribution in [0.5, 0.6) is 0 Å². The molecule has 4 heteroatoms. The number of carbonyl (C=O) groups is 1. The maximum absolute atomic E-state index is 10.9. The summed E-state index contributed by atoms with van der Waals surface area (Å²) in [6.07, 6.45) is 0. The molecule has 1 aromatic carbocycles. The number of carboxylic acids is 1. The molecule has 0 spiro atoms. The van der Waals surface area contributed by atoms with E-state index in [0.717, 1.165) is 10.0 Å². The molecular formula is C11H14BrNO2. The van der Waals surface area contributed by atoms with Crippen molar-refractivity contribution in [2.24, 2.45) is 5.92 Å².